The van der Waals surface area contributed by atoms with Crippen LogP contribution in [0.3, 0.4) is 0 Å². The zero-order chi connectivity index (χ0) is 20.3. The smallest absolute Gasteiger partial charge is 0.265 e. The maximum atomic E-state index is 13.1. The van der Waals surface area contributed by atoms with Crippen LogP contribution in [0, 0.1) is 6.92 Å². The number of carbonyl (C=O) groups is 1. The summed E-state index contributed by atoms with van der Waals surface area (Å²) in [7, 11) is -3.66. The Morgan fingerprint density at radius 1 is 1.21 bits per heavy atom. The van der Waals surface area contributed by atoms with Crippen molar-refractivity contribution in [2.75, 3.05) is 25.0 Å². The van der Waals surface area contributed by atoms with Crippen LogP contribution in [0.15, 0.2) is 29.2 Å². The van der Waals surface area contributed by atoms with Crippen LogP contribution in [0.2, 0.25) is 0 Å². The van der Waals surface area contributed by atoms with Crippen molar-refractivity contribution in [3.05, 3.63) is 39.6 Å². The third-order valence-corrected chi connectivity index (χ3v) is 8.05. The molecule has 1 aromatic carbocycles. The largest absolute Gasteiger partial charge is 0.492 e. The molecule has 3 rings (SSSR count). The molecule has 8 heteroatoms. The standard InChI is InChI=1S/C20H26N2O4S2/c1-4-17-14(3)12-18(27-17)20(23)21-15-8-9-16(26-5-2)19(13-15)28(24,25)22-10-6-7-11-22/h8-9,12-13H,4-7,10-11H2,1-3H3,(H,21,23). The second-order valence-electron chi connectivity index (χ2n) is 6.73. The van der Waals surface area contributed by atoms with Crippen LogP contribution in [0.25, 0.3) is 0 Å². The number of nitrogens with one attached hydrogen (secondary N) is 1. The van der Waals surface area contributed by atoms with Crippen LogP contribution in [0.4, 0.5) is 5.69 Å². The van der Waals surface area contributed by atoms with Gasteiger partial charge in [0, 0.05) is 23.7 Å². The summed E-state index contributed by atoms with van der Waals surface area (Å²) in [5, 5.41) is 2.83. The van der Waals surface area contributed by atoms with E-state index in [1.807, 2.05) is 19.9 Å². The lowest BCUT2D eigenvalue weighted by atomic mass is 10.2. The fourth-order valence-electron chi connectivity index (χ4n) is 3.31. The first-order valence-electron chi connectivity index (χ1n) is 9.54. The number of amides is 1. The molecule has 28 heavy (non-hydrogen) atoms. The average Bonchev–Trinajstić information content (AvgIpc) is 3.33. The number of hydrogen-bond acceptors (Lipinski definition) is 5. The average molecular weight is 423 g/mol. The van der Waals surface area contributed by atoms with E-state index in [1.54, 1.807) is 12.1 Å². The van der Waals surface area contributed by atoms with E-state index in [0.29, 0.717) is 36.0 Å². The lowest BCUT2D eigenvalue weighted by Crippen LogP contribution is -2.28. The molecule has 2 aromatic rings. The van der Waals surface area contributed by atoms with Crippen molar-refractivity contribution >= 4 is 33.0 Å². The van der Waals surface area contributed by atoms with Gasteiger partial charge >= 0.3 is 0 Å². The normalized spacial score (nSPS) is 15.0. The van der Waals surface area contributed by atoms with Gasteiger partial charge in [0.2, 0.25) is 10.0 Å². The highest BCUT2D eigenvalue weighted by Crippen LogP contribution is 2.32. The molecule has 1 saturated heterocycles. The molecule has 152 valence electrons. The number of aryl methyl sites for hydroxylation is 2. The van der Waals surface area contributed by atoms with Gasteiger partial charge in [-0.05, 0) is 62.9 Å². The van der Waals surface area contributed by atoms with Crippen molar-refractivity contribution < 1.29 is 17.9 Å². The van der Waals surface area contributed by atoms with Gasteiger partial charge in [0.25, 0.3) is 5.91 Å². The summed E-state index contributed by atoms with van der Waals surface area (Å²) in [6.45, 7) is 7.25. The minimum atomic E-state index is -3.66. The number of carbonyl (C=O) groups excluding carboxylic acids is 1. The lowest BCUT2D eigenvalue weighted by molar-refractivity contribution is 0.103. The number of benzene rings is 1. The molecule has 0 atom stereocenters. The molecule has 0 unspecified atom stereocenters. The number of ether oxygens (including phenoxy) is 1. The molecule has 0 bridgehead atoms. The van der Waals surface area contributed by atoms with Crippen LogP contribution < -0.4 is 10.1 Å². The van der Waals surface area contributed by atoms with Gasteiger partial charge in [-0.2, -0.15) is 4.31 Å². The van der Waals surface area contributed by atoms with Gasteiger partial charge in [0.05, 0.1) is 11.5 Å². The quantitative estimate of drug-likeness (QED) is 0.730. The highest BCUT2D eigenvalue weighted by atomic mass is 32.2. The Morgan fingerprint density at radius 3 is 2.54 bits per heavy atom. The van der Waals surface area contributed by atoms with Gasteiger partial charge in [-0.1, -0.05) is 6.92 Å². The van der Waals surface area contributed by atoms with Crippen molar-refractivity contribution in [2.45, 2.75) is 44.9 Å². The molecule has 1 aromatic heterocycles. The van der Waals surface area contributed by atoms with E-state index in [9.17, 15) is 13.2 Å². The topological polar surface area (TPSA) is 75.7 Å². The number of hydrogen-bond donors (Lipinski definition) is 1. The van der Waals surface area contributed by atoms with Crippen molar-refractivity contribution in [3.63, 3.8) is 0 Å². The molecule has 6 nitrogen and oxygen atoms in total. The van der Waals surface area contributed by atoms with E-state index in [4.69, 9.17) is 4.74 Å². The summed E-state index contributed by atoms with van der Waals surface area (Å²) in [4.78, 5) is 14.5. The zero-order valence-electron chi connectivity index (χ0n) is 16.4. The predicted octanol–water partition coefficient (Wildman–Crippen LogP) is 4.05. The maximum absolute atomic E-state index is 13.1. The van der Waals surface area contributed by atoms with E-state index >= 15 is 0 Å². The van der Waals surface area contributed by atoms with Crippen LogP contribution in [0.5, 0.6) is 5.75 Å². The summed E-state index contributed by atoms with van der Waals surface area (Å²) in [6.07, 6.45) is 2.60. The molecule has 1 amide bonds. The summed E-state index contributed by atoms with van der Waals surface area (Å²) in [5.74, 6) is 0.0779. The Hall–Kier alpha value is -1.90. The van der Waals surface area contributed by atoms with E-state index < -0.39 is 10.0 Å². The molecule has 1 fully saturated rings. The Morgan fingerprint density at radius 2 is 1.93 bits per heavy atom. The van der Waals surface area contributed by atoms with Crippen LogP contribution in [-0.4, -0.2) is 38.3 Å². The van der Waals surface area contributed by atoms with Crippen molar-refractivity contribution in [1.82, 2.24) is 4.31 Å². The minimum Gasteiger partial charge on any atom is -0.492 e. The highest BCUT2D eigenvalue weighted by Gasteiger charge is 2.30. The van der Waals surface area contributed by atoms with E-state index in [2.05, 4.69) is 12.2 Å². The number of sulfonamides is 1. The first kappa shape index (κ1) is 20.8. The Kier molecular flexibility index (Phi) is 6.42. The maximum Gasteiger partial charge on any atom is 0.265 e. The van der Waals surface area contributed by atoms with Crippen LogP contribution in [0.1, 0.15) is 46.8 Å². The van der Waals surface area contributed by atoms with Gasteiger partial charge in [-0.15, -0.1) is 11.3 Å². The molecular weight excluding hydrogens is 396 g/mol. The molecule has 1 aliphatic heterocycles. The van der Waals surface area contributed by atoms with Gasteiger partial charge in [0.15, 0.2) is 0 Å². The molecule has 0 aliphatic carbocycles. The van der Waals surface area contributed by atoms with Crippen molar-refractivity contribution in [1.29, 1.82) is 0 Å². The number of anilines is 1. The van der Waals surface area contributed by atoms with E-state index in [1.165, 1.54) is 26.6 Å². The Balaban J connectivity index is 1.90. The summed E-state index contributed by atoms with van der Waals surface area (Å²) in [6, 6.07) is 6.65. The van der Waals surface area contributed by atoms with Gasteiger partial charge in [-0.3, -0.25) is 4.79 Å². The lowest BCUT2D eigenvalue weighted by Gasteiger charge is -2.19. The molecule has 1 aliphatic rings. The monoisotopic (exact) mass is 422 g/mol. The molecule has 1 N–H and O–H groups in total. The molecule has 0 spiro atoms. The van der Waals surface area contributed by atoms with Crippen molar-refractivity contribution in [2.24, 2.45) is 0 Å². The van der Waals surface area contributed by atoms with Gasteiger partial charge in [0.1, 0.15) is 10.6 Å². The van der Waals surface area contributed by atoms with Crippen molar-refractivity contribution in [3.8, 4) is 5.75 Å². The minimum absolute atomic E-state index is 0.102. The third kappa shape index (κ3) is 4.24. The van der Waals surface area contributed by atoms with E-state index in [-0.39, 0.29) is 10.8 Å². The third-order valence-electron chi connectivity index (χ3n) is 4.75. The fraction of sp³-hybridized carbons (Fsp3) is 0.450. The zero-order valence-corrected chi connectivity index (χ0v) is 18.1. The predicted molar refractivity (Wildman–Crippen MR) is 112 cm³/mol. The number of nitrogens with zero attached hydrogens (tertiary/aromatic N) is 1. The van der Waals surface area contributed by atoms with Gasteiger partial charge < -0.3 is 10.1 Å². The second kappa shape index (κ2) is 8.63. The Labute approximate surface area is 170 Å². The van der Waals surface area contributed by atoms with Gasteiger partial charge in [-0.25, -0.2) is 8.42 Å². The summed E-state index contributed by atoms with van der Waals surface area (Å²) in [5.41, 5.74) is 1.54. The molecule has 0 radical (unpaired) electrons. The Bertz CT molecular complexity index is 961. The first-order chi connectivity index (χ1) is 13.4. The molecular formula is C20H26N2O4S2. The first-order valence-corrected chi connectivity index (χ1v) is 11.8. The van der Waals surface area contributed by atoms with E-state index in [0.717, 1.165) is 24.8 Å². The molecule has 2 heterocycles. The van der Waals surface area contributed by atoms with Crippen LogP contribution in [-0.2, 0) is 16.4 Å². The highest BCUT2D eigenvalue weighted by molar-refractivity contribution is 7.89. The fourth-order valence-corrected chi connectivity index (χ4v) is 5.99. The number of rotatable bonds is 7. The SMILES string of the molecule is CCOc1ccc(NC(=O)c2cc(C)c(CC)s2)cc1S(=O)(=O)N1CCCC1. The number of thiophene rings is 1. The van der Waals surface area contributed by atoms with Crippen LogP contribution >= 0.6 is 11.3 Å². The second-order valence-corrected chi connectivity index (χ2v) is 9.77. The summed E-state index contributed by atoms with van der Waals surface area (Å²) < 4.78 is 33.1. The summed E-state index contributed by atoms with van der Waals surface area (Å²) >= 11 is 1.47. The molecule has 0 saturated carbocycles.